The van der Waals surface area contributed by atoms with E-state index in [1.54, 1.807) is 6.92 Å². The van der Waals surface area contributed by atoms with Gasteiger partial charge in [-0.3, -0.25) is 0 Å². The summed E-state index contributed by atoms with van der Waals surface area (Å²) in [5.41, 5.74) is -0.515. The van der Waals surface area contributed by atoms with Crippen LogP contribution in [0.1, 0.15) is 5.82 Å². The SMILES string of the molecule is CNC1C=CC=C(Nc2nc(C)nc(OCC34COP(=O)(OC3)OC4)n2)I1C. The van der Waals surface area contributed by atoms with E-state index >= 15 is 0 Å². The molecule has 1 unspecified atom stereocenters. The summed E-state index contributed by atoms with van der Waals surface area (Å²) in [6, 6.07) is 0.220. The molecule has 4 aliphatic rings. The van der Waals surface area contributed by atoms with Gasteiger partial charge in [-0.05, 0) is 0 Å². The van der Waals surface area contributed by atoms with Gasteiger partial charge in [-0.25, -0.2) is 0 Å². The summed E-state index contributed by atoms with van der Waals surface area (Å²) in [6.07, 6.45) is 6.30. The van der Waals surface area contributed by atoms with Gasteiger partial charge in [0.1, 0.15) is 0 Å². The fraction of sp³-hybridized carbons (Fsp3) is 0.562. The maximum absolute atomic E-state index is 11.8. The number of hydrogen-bond donors (Lipinski definition) is 2. The van der Waals surface area contributed by atoms with Gasteiger partial charge in [-0.2, -0.15) is 0 Å². The van der Waals surface area contributed by atoms with Gasteiger partial charge < -0.3 is 0 Å². The van der Waals surface area contributed by atoms with Crippen molar-refractivity contribution >= 4 is 33.6 Å². The molecule has 1 aromatic rings. The molecule has 10 nitrogen and oxygen atoms in total. The van der Waals surface area contributed by atoms with Crippen molar-refractivity contribution in [3.63, 3.8) is 0 Å². The van der Waals surface area contributed by atoms with Gasteiger partial charge in [0.15, 0.2) is 0 Å². The first-order valence-electron chi connectivity index (χ1n) is 8.71. The third-order valence-electron chi connectivity index (χ3n) is 4.52. The predicted molar refractivity (Wildman–Crippen MR) is 112 cm³/mol. The Bertz CT molecular complexity index is 835. The van der Waals surface area contributed by atoms with Crippen molar-refractivity contribution in [2.75, 3.05) is 43.7 Å². The van der Waals surface area contributed by atoms with E-state index < -0.39 is 33.1 Å². The summed E-state index contributed by atoms with van der Waals surface area (Å²) < 4.78 is 34.8. The molecule has 2 N–H and O–H groups in total. The van der Waals surface area contributed by atoms with Crippen LogP contribution in [0.2, 0.25) is 0 Å². The van der Waals surface area contributed by atoms with Crippen LogP contribution in [0.5, 0.6) is 6.01 Å². The number of nitrogens with zero attached hydrogens (tertiary/aromatic N) is 3. The number of nitrogens with one attached hydrogen (secondary N) is 2. The average Bonchev–Trinajstić information content (AvgIpc) is 2.69. The summed E-state index contributed by atoms with van der Waals surface area (Å²) in [7, 11) is -1.37. The number of halogens is 1. The molecule has 3 fully saturated rings. The third-order valence-corrected chi connectivity index (χ3v) is 11.4. The number of hydrogen-bond acceptors (Lipinski definition) is 10. The van der Waals surface area contributed by atoms with Gasteiger partial charge >= 0.3 is 171 Å². The van der Waals surface area contributed by atoms with E-state index in [1.165, 1.54) is 0 Å². The van der Waals surface area contributed by atoms with E-state index in [0.717, 1.165) is 3.70 Å². The number of aryl methyl sites for hydroxylation is 1. The first-order valence-corrected chi connectivity index (χ1v) is 14.6. The van der Waals surface area contributed by atoms with E-state index in [4.69, 9.17) is 18.3 Å². The number of phosphoric ester groups is 1. The van der Waals surface area contributed by atoms with Crippen molar-refractivity contribution in [2.24, 2.45) is 5.41 Å². The zero-order valence-corrected chi connectivity index (χ0v) is 18.9. The first kappa shape index (κ1) is 20.2. The third kappa shape index (κ3) is 4.24. The summed E-state index contributed by atoms with van der Waals surface area (Å²) >= 11 is -1.44. The second-order valence-electron chi connectivity index (χ2n) is 6.78. The Kier molecular flexibility index (Phi) is 5.73. The molecule has 5 heterocycles. The van der Waals surface area contributed by atoms with Crippen molar-refractivity contribution in [2.45, 2.75) is 11.0 Å². The summed E-state index contributed by atoms with van der Waals surface area (Å²) in [6.45, 7) is 2.80. The number of fused-ring (bicyclic) bond motifs is 3. The molecule has 0 aromatic carbocycles. The molecular formula is C16H23IN5O5P. The normalized spacial score (nSPS) is 32.9. The van der Waals surface area contributed by atoms with Gasteiger partial charge in [-0.1, -0.05) is 0 Å². The molecule has 1 aromatic heterocycles. The van der Waals surface area contributed by atoms with Gasteiger partial charge in [0, 0.05) is 0 Å². The molecule has 0 amide bonds. The van der Waals surface area contributed by atoms with Gasteiger partial charge in [0.25, 0.3) is 0 Å². The monoisotopic (exact) mass is 523 g/mol. The number of ether oxygens (including phenoxy) is 1. The number of alkyl halides is 2. The van der Waals surface area contributed by atoms with E-state index in [2.05, 4.69) is 42.7 Å². The molecule has 5 rings (SSSR count). The zero-order valence-electron chi connectivity index (χ0n) is 15.8. The number of rotatable bonds is 6. The quantitative estimate of drug-likeness (QED) is 0.249. The van der Waals surface area contributed by atoms with Crippen molar-refractivity contribution in [1.29, 1.82) is 0 Å². The van der Waals surface area contributed by atoms with Crippen molar-refractivity contribution < 1.29 is 22.9 Å². The Hall–Kier alpha value is -1.11. The number of phosphoric acid groups is 1. The summed E-state index contributed by atoms with van der Waals surface area (Å²) in [5, 5.41) is 6.67. The van der Waals surface area contributed by atoms with E-state index in [1.807, 2.05) is 13.1 Å². The Morgan fingerprint density at radius 1 is 1.29 bits per heavy atom. The molecule has 12 heteroatoms. The molecule has 154 valence electrons. The molecule has 0 aliphatic carbocycles. The van der Waals surface area contributed by atoms with Crippen LogP contribution >= 0.6 is 27.6 Å². The number of aromatic nitrogens is 3. The fourth-order valence-corrected chi connectivity index (χ4v) is 8.34. The maximum atomic E-state index is 11.8. The van der Waals surface area contributed by atoms with Crippen molar-refractivity contribution in [3.8, 4) is 6.01 Å². The predicted octanol–water partition coefficient (Wildman–Crippen LogP) is 2.24. The molecule has 0 spiro atoms. The van der Waals surface area contributed by atoms with Crippen LogP contribution in [0.15, 0.2) is 21.9 Å². The second kappa shape index (κ2) is 7.96. The minimum atomic E-state index is -3.34. The van der Waals surface area contributed by atoms with Crippen LogP contribution < -0.4 is 15.4 Å². The van der Waals surface area contributed by atoms with Crippen molar-refractivity contribution in [3.05, 3.63) is 27.8 Å². The van der Waals surface area contributed by atoms with Crippen LogP contribution in [0, 0.1) is 12.3 Å². The minimum absolute atomic E-state index is 0.220. The van der Waals surface area contributed by atoms with E-state index in [-0.39, 0.29) is 32.4 Å². The van der Waals surface area contributed by atoms with Gasteiger partial charge in [-0.15, -0.1) is 0 Å². The molecule has 28 heavy (non-hydrogen) atoms. The average molecular weight is 523 g/mol. The molecule has 1 atom stereocenters. The Morgan fingerprint density at radius 2 is 2.00 bits per heavy atom. The van der Waals surface area contributed by atoms with Gasteiger partial charge in [0.05, 0.1) is 0 Å². The van der Waals surface area contributed by atoms with Crippen LogP contribution in [0.3, 0.4) is 0 Å². The van der Waals surface area contributed by atoms with E-state index in [0.29, 0.717) is 15.8 Å². The van der Waals surface area contributed by atoms with Gasteiger partial charge in [0.2, 0.25) is 0 Å². The number of anilines is 1. The topological polar surface area (TPSA) is 117 Å². The number of likely N-dealkylation sites (N-methyl/N-ethyl adjacent to an activating group) is 1. The van der Waals surface area contributed by atoms with Crippen molar-refractivity contribution in [1.82, 2.24) is 20.3 Å². The molecule has 4 aliphatic heterocycles. The second-order valence-corrected chi connectivity index (χ2v) is 13.9. The molecule has 3 saturated heterocycles. The first-order chi connectivity index (χ1) is 13.4. The number of allylic oxidation sites excluding steroid dienone is 2. The summed E-state index contributed by atoms with van der Waals surface area (Å²) in [4.78, 5) is 15.3. The van der Waals surface area contributed by atoms with Crippen LogP contribution in [-0.2, 0) is 18.1 Å². The molecule has 2 bridgehead atoms. The Balaban J connectivity index is 1.44. The summed E-state index contributed by atoms with van der Waals surface area (Å²) in [5.74, 6) is 1.01. The van der Waals surface area contributed by atoms with Crippen LogP contribution in [0.4, 0.5) is 5.95 Å². The fourth-order valence-electron chi connectivity index (χ4n) is 2.86. The molecule has 0 saturated carbocycles. The zero-order chi connectivity index (χ0) is 19.8. The standard InChI is InChI=1S/C16H23IN5O5P/c1-11-19-14(21-13-6-4-5-12(18-3)17(13)2)22-15(20-11)24-7-16-8-25-28(23,26-9-16)27-10-16/h4-6,12,18H,7-10H2,1-3H3,(H,19,20,21,22). The molecule has 0 radical (unpaired) electrons. The van der Waals surface area contributed by atoms with Crippen LogP contribution in [-0.4, -0.2) is 57.4 Å². The van der Waals surface area contributed by atoms with E-state index in [9.17, 15) is 4.57 Å². The molecular weight excluding hydrogens is 500 g/mol. The Morgan fingerprint density at radius 3 is 2.68 bits per heavy atom. The van der Waals surface area contributed by atoms with Crippen LogP contribution in [0.25, 0.3) is 0 Å². The Labute approximate surface area is 170 Å².